The molecule has 1 aliphatic rings. The summed E-state index contributed by atoms with van der Waals surface area (Å²) in [6.45, 7) is 2.50. The summed E-state index contributed by atoms with van der Waals surface area (Å²) in [6.07, 6.45) is 2.41. The second-order valence-electron chi connectivity index (χ2n) is 4.97. The van der Waals surface area contributed by atoms with Crippen molar-refractivity contribution in [3.05, 3.63) is 59.2 Å². The van der Waals surface area contributed by atoms with Crippen LogP contribution in [0, 0.1) is 5.82 Å². The molecule has 104 valence electrons. The van der Waals surface area contributed by atoms with Crippen LogP contribution >= 0.6 is 0 Å². The Hall–Kier alpha value is -1.94. The number of benzene rings is 1. The molecule has 1 aliphatic heterocycles. The first-order valence-corrected chi connectivity index (χ1v) is 6.74. The van der Waals surface area contributed by atoms with Crippen molar-refractivity contribution in [3.8, 4) is 5.75 Å². The molecule has 1 N–H and O–H groups in total. The summed E-state index contributed by atoms with van der Waals surface area (Å²) < 4.78 is 18.7. The second kappa shape index (κ2) is 4.87. The van der Waals surface area contributed by atoms with Crippen molar-refractivity contribution >= 4 is 0 Å². The van der Waals surface area contributed by atoms with Crippen molar-refractivity contribution in [3.63, 3.8) is 0 Å². The number of hydrogen-bond acceptors (Lipinski definition) is 3. The number of rotatable bonds is 3. The summed E-state index contributed by atoms with van der Waals surface area (Å²) in [6, 6.07) is 8.59. The SMILES string of the molecule is CCC(O)(c1ccc(F)cn1)c1cccc2c1OCC2. The van der Waals surface area contributed by atoms with E-state index in [2.05, 4.69) is 4.98 Å². The molecule has 1 aromatic heterocycles. The Morgan fingerprint density at radius 1 is 1.35 bits per heavy atom. The van der Waals surface area contributed by atoms with Gasteiger partial charge in [0.1, 0.15) is 17.2 Å². The predicted molar refractivity (Wildman–Crippen MR) is 73.1 cm³/mol. The first-order chi connectivity index (χ1) is 9.65. The standard InChI is InChI=1S/C16H16FNO2/c1-2-16(19,14-7-6-12(17)10-18-14)13-5-3-4-11-8-9-20-15(11)13/h3-7,10,19H,2,8-9H2,1H3. The number of fused-ring (bicyclic) bond motifs is 1. The predicted octanol–water partition coefficient (Wildman–Crippen LogP) is 2.80. The first kappa shape index (κ1) is 13.1. The molecule has 0 amide bonds. The van der Waals surface area contributed by atoms with Gasteiger partial charge in [0.15, 0.2) is 0 Å². The van der Waals surface area contributed by atoms with E-state index in [9.17, 15) is 9.50 Å². The average Bonchev–Trinajstić information content (AvgIpc) is 2.95. The number of para-hydroxylation sites is 1. The Labute approximate surface area is 117 Å². The highest BCUT2D eigenvalue weighted by atomic mass is 19.1. The quantitative estimate of drug-likeness (QED) is 0.935. The smallest absolute Gasteiger partial charge is 0.141 e. The third-order valence-electron chi connectivity index (χ3n) is 3.82. The Bertz CT molecular complexity index is 627. The summed E-state index contributed by atoms with van der Waals surface area (Å²) in [7, 11) is 0. The summed E-state index contributed by atoms with van der Waals surface area (Å²) in [5.74, 6) is 0.324. The lowest BCUT2D eigenvalue weighted by molar-refractivity contribution is 0.0688. The van der Waals surface area contributed by atoms with Gasteiger partial charge in [-0.3, -0.25) is 4.98 Å². The molecule has 2 aromatic rings. The van der Waals surface area contributed by atoms with Crippen LogP contribution in [0.1, 0.15) is 30.2 Å². The fourth-order valence-corrected chi connectivity index (χ4v) is 2.67. The summed E-state index contributed by atoms with van der Waals surface area (Å²) in [5, 5.41) is 11.1. The molecule has 0 bridgehead atoms. The molecule has 1 aromatic carbocycles. The molecule has 0 saturated carbocycles. The molecular formula is C16H16FNO2. The maximum Gasteiger partial charge on any atom is 0.141 e. The number of aromatic nitrogens is 1. The lowest BCUT2D eigenvalue weighted by Crippen LogP contribution is -2.28. The lowest BCUT2D eigenvalue weighted by atomic mass is 9.85. The van der Waals surface area contributed by atoms with E-state index < -0.39 is 11.4 Å². The van der Waals surface area contributed by atoms with Crippen molar-refractivity contribution in [1.29, 1.82) is 0 Å². The van der Waals surface area contributed by atoms with Gasteiger partial charge < -0.3 is 9.84 Å². The van der Waals surface area contributed by atoms with Crippen molar-refractivity contribution in [2.75, 3.05) is 6.61 Å². The van der Waals surface area contributed by atoms with Gasteiger partial charge in [-0.05, 0) is 24.1 Å². The van der Waals surface area contributed by atoms with Gasteiger partial charge in [-0.15, -0.1) is 0 Å². The molecular weight excluding hydrogens is 257 g/mol. The first-order valence-electron chi connectivity index (χ1n) is 6.74. The molecule has 0 spiro atoms. The zero-order chi connectivity index (χ0) is 14.2. The number of ether oxygens (including phenoxy) is 1. The van der Waals surface area contributed by atoms with Gasteiger partial charge in [0.05, 0.1) is 18.5 Å². The molecule has 3 nitrogen and oxygen atoms in total. The van der Waals surface area contributed by atoms with E-state index in [0.29, 0.717) is 24.3 Å². The highest BCUT2D eigenvalue weighted by molar-refractivity contribution is 5.49. The highest BCUT2D eigenvalue weighted by Crippen LogP contribution is 2.41. The Morgan fingerprint density at radius 3 is 2.90 bits per heavy atom. The molecule has 1 unspecified atom stereocenters. The minimum absolute atomic E-state index is 0.415. The highest BCUT2D eigenvalue weighted by Gasteiger charge is 2.35. The number of aliphatic hydroxyl groups is 1. The molecule has 0 fully saturated rings. The van der Waals surface area contributed by atoms with E-state index in [1.54, 1.807) is 0 Å². The Kier molecular flexibility index (Phi) is 3.18. The van der Waals surface area contributed by atoms with Crippen LogP contribution < -0.4 is 4.74 Å². The molecule has 0 aliphatic carbocycles. The van der Waals surface area contributed by atoms with Gasteiger partial charge in [0, 0.05) is 12.0 Å². The largest absolute Gasteiger partial charge is 0.493 e. The van der Waals surface area contributed by atoms with E-state index in [-0.39, 0.29) is 0 Å². The second-order valence-corrected chi connectivity index (χ2v) is 4.97. The van der Waals surface area contributed by atoms with Crippen LogP contribution in [0.3, 0.4) is 0 Å². The van der Waals surface area contributed by atoms with E-state index in [4.69, 9.17) is 4.74 Å². The van der Waals surface area contributed by atoms with E-state index in [0.717, 1.165) is 23.9 Å². The lowest BCUT2D eigenvalue weighted by Gasteiger charge is -2.28. The molecule has 1 atom stereocenters. The summed E-state index contributed by atoms with van der Waals surface area (Å²) in [5.41, 5.74) is 0.972. The molecule has 20 heavy (non-hydrogen) atoms. The van der Waals surface area contributed by atoms with Crippen LogP contribution in [-0.4, -0.2) is 16.7 Å². The van der Waals surface area contributed by atoms with Crippen LogP contribution in [0.4, 0.5) is 4.39 Å². The number of hydrogen-bond donors (Lipinski definition) is 1. The number of pyridine rings is 1. The summed E-state index contributed by atoms with van der Waals surface area (Å²) in [4.78, 5) is 4.04. The fraction of sp³-hybridized carbons (Fsp3) is 0.312. The Morgan fingerprint density at radius 2 is 2.20 bits per heavy atom. The summed E-state index contributed by atoms with van der Waals surface area (Å²) >= 11 is 0. The minimum Gasteiger partial charge on any atom is -0.493 e. The minimum atomic E-state index is -1.26. The zero-order valence-corrected chi connectivity index (χ0v) is 11.3. The van der Waals surface area contributed by atoms with Crippen LogP contribution in [0.5, 0.6) is 5.75 Å². The molecule has 0 radical (unpaired) electrons. The average molecular weight is 273 g/mol. The maximum absolute atomic E-state index is 13.0. The van der Waals surface area contributed by atoms with E-state index in [1.165, 1.54) is 12.1 Å². The topological polar surface area (TPSA) is 42.4 Å². The van der Waals surface area contributed by atoms with Crippen LogP contribution in [-0.2, 0) is 12.0 Å². The van der Waals surface area contributed by atoms with Crippen molar-refractivity contribution in [1.82, 2.24) is 4.98 Å². The molecule has 2 heterocycles. The number of halogens is 1. The van der Waals surface area contributed by atoms with Gasteiger partial charge in [0.25, 0.3) is 0 Å². The number of nitrogens with zero attached hydrogens (tertiary/aromatic N) is 1. The van der Waals surface area contributed by atoms with Crippen LogP contribution in [0.15, 0.2) is 36.5 Å². The van der Waals surface area contributed by atoms with Gasteiger partial charge >= 0.3 is 0 Å². The van der Waals surface area contributed by atoms with Crippen LogP contribution in [0.25, 0.3) is 0 Å². The van der Waals surface area contributed by atoms with Gasteiger partial charge in [-0.2, -0.15) is 0 Å². The van der Waals surface area contributed by atoms with Gasteiger partial charge in [-0.25, -0.2) is 4.39 Å². The van der Waals surface area contributed by atoms with Crippen LogP contribution in [0.2, 0.25) is 0 Å². The third kappa shape index (κ3) is 1.96. The van der Waals surface area contributed by atoms with Gasteiger partial charge in [0.2, 0.25) is 0 Å². The van der Waals surface area contributed by atoms with Crippen molar-refractivity contribution < 1.29 is 14.2 Å². The maximum atomic E-state index is 13.0. The van der Waals surface area contributed by atoms with E-state index >= 15 is 0 Å². The normalized spacial score (nSPS) is 16.4. The van der Waals surface area contributed by atoms with Gasteiger partial charge in [-0.1, -0.05) is 25.1 Å². The van der Waals surface area contributed by atoms with Crippen molar-refractivity contribution in [2.24, 2.45) is 0 Å². The molecule has 4 heteroatoms. The third-order valence-corrected chi connectivity index (χ3v) is 3.82. The van der Waals surface area contributed by atoms with E-state index in [1.807, 2.05) is 25.1 Å². The molecule has 0 saturated heterocycles. The fourth-order valence-electron chi connectivity index (χ4n) is 2.67. The Balaban J connectivity index is 2.14. The van der Waals surface area contributed by atoms with Crippen molar-refractivity contribution in [2.45, 2.75) is 25.4 Å². The molecule has 3 rings (SSSR count). The zero-order valence-electron chi connectivity index (χ0n) is 11.3. The monoisotopic (exact) mass is 273 g/mol.